The Labute approximate surface area is 138 Å². The lowest BCUT2D eigenvalue weighted by molar-refractivity contribution is -0.127. The summed E-state index contributed by atoms with van der Waals surface area (Å²) in [6, 6.07) is 3.42. The van der Waals surface area contributed by atoms with Gasteiger partial charge in [0, 0.05) is 31.2 Å². The zero-order valence-corrected chi connectivity index (χ0v) is 13.8. The molecule has 0 aliphatic carbocycles. The third-order valence-corrected chi connectivity index (χ3v) is 4.90. The molecule has 1 saturated heterocycles. The number of anilines is 1. The largest absolute Gasteiger partial charge is 0.338 e. The fourth-order valence-electron chi connectivity index (χ4n) is 2.84. The number of aryl methyl sites for hydroxylation is 1. The molecule has 2 amide bonds. The Bertz CT molecular complexity index is 716. The molecule has 0 radical (unpaired) electrons. The predicted octanol–water partition coefficient (Wildman–Crippen LogP) is 2.26. The van der Waals surface area contributed by atoms with Gasteiger partial charge in [0.1, 0.15) is 0 Å². The Balaban J connectivity index is 1.81. The van der Waals surface area contributed by atoms with Gasteiger partial charge in [-0.1, -0.05) is 13.0 Å². The van der Waals surface area contributed by atoms with Gasteiger partial charge < -0.3 is 10.2 Å². The van der Waals surface area contributed by atoms with Crippen LogP contribution in [0.2, 0.25) is 0 Å². The van der Waals surface area contributed by atoms with E-state index in [1.165, 1.54) is 11.3 Å². The number of pyridine rings is 1. The van der Waals surface area contributed by atoms with Crippen molar-refractivity contribution in [2.45, 2.75) is 25.8 Å². The highest BCUT2D eigenvalue weighted by atomic mass is 32.1. The summed E-state index contributed by atoms with van der Waals surface area (Å²) < 4.78 is 0. The molecular weight excluding hydrogens is 312 g/mol. The molecule has 120 valence electrons. The van der Waals surface area contributed by atoms with Gasteiger partial charge in [-0.3, -0.25) is 14.6 Å². The lowest BCUT2D eigenvalue weighted by Gasteiger charge is -2.24. The van der Waals surface area contributed by atoms with Crippen molar-refractivity contribution in [1.82, 2.24) is 14.9 Å². The van der Waals surface area contributed by atoms with E-state index in [-0.39, 0.29) is 24.3 Å². The molecule has 0 bridgehead atoms. The van der Waals surface area contributed by atoms with Crippen molar-refractivity contribution >= 4 is 28.3 Å². The molecular formula is C16H18N4O2S. The highest BCUT2D eigenvalue weighted by molar-refractivity contribution is 7.13. The van der Waals surface area contributed by atoms with Gasteiger partial charge in [0.2, 0.25) is 11.8 Å². The van der Waals surface area contributed by atoms with Gasteiger partial charge in [0.05, 0.1) is 17.7 Å². The first kappa shape index (κ1) is 15.6. The Kier molecular flexibility index (Phi) is 4.38. The SMILES string of the molecule is CCc1csc(NC(=O)[C@@H]2CC(=O)N(C)[C@@H]2c2cccnc2)n1. The first-order chi connectivity index (χ1) is 11.1. The molecule has 23 heavy (non-hydrogen) atoms. The number of carbonyl (C=O) groups is 2. The fourth-order valence-corrected chi connectivity index (χ4v) is 3.63. The van der Waals surface area contributed by atoms with Crippen molar-refractivity contribution in [2.24, 2.45) is 5.92 Å². The molecule has 0 unspecified atom stereocenters. The zero-order valence-electron chi connectivity index (χ0n) is 13.0. The second-order valence-electron chi connectivity index (χ2n) is 5.53. The number of aromatic nitrogens is 2. The molecule has 0 saturated carbocycles. The van der Waals surface area contributed by atoms with Crippen molar-refractivity contribution in [3.8, 4) is 0 Å². The predicted molar refractivity (Wildman–Crippen MR) is 88.0 cm³/mol. The number of nitrogens with zero attached hydrogens (tertiary/aromatic N) is 3. The molecule has 1 fully saturated rings. The van der Waals surface area contributed by atoms with E-state index in [2.05, 4.69) is 15.3 Å². The summed E-state index contributed by atoms with van der Waals surface area (Å²) in [5.74, 6) is -0.647. The van der Waals surface area contributed by atoms with E-state index in [4.69, 9.17) is 0 Å². The van der Waals surface area contributed by atoms with Crippen molar-refractivity contribution in [3.05, 3.63) is 41.2 Å². The number of nitrogens with one attached hydrogen (secondary N) is 1. The highest BCUT2D eigenvalue weighted by Gasteiger charge is 2.42. The molecule has 0 spiro atoms. The number of likely N-dealkylation sites (tertiary alicyclic amines) is 1. The van der Waals surface area contributed by atoms with Crippen LogP contribution in [0.3, 0.4) is 0 Å². The van der Waals surface area contributed by atoms with E-state index in [0.717, 1.165) is 17.7 Å². The molecule has 3 rings (SSSR count). The molecule has 3 heterocycles. The first-order valence-corrected chi connectivity index (χ1v) is 8.39. The molecule has 1 N–H and O–H groups in total. The van der Waals surface area contributed by atoms with Crippen molar-refractivity contribution in [3.63, 3.8) is 0 Å². The summed E-state index contributed by atoms with van der Waals surface area (Å²) in [4.78, 5) is 34.8. The number of hydrogen-bond donors (Lipinski definition) is 1. The summed E-state index contributed by atoms with van der Waals surface area (Å²) in [5.41, 5.74) is 1.82. The van der Waals surface area contributed by atoms with Gasteiger partial charge in [-0.2, -0.15) is 0 Å². The second-order valence-corrected chi connectivity index (χ2v) is 6.39. The quantitative estimate of drug-likeness (QED) is 0.933. The van der Waals surface area contributed by atoms with Crippen LogP contribution < -0.4 is 5.32 Å². The molecule has 2 aromatic heterocycles. The van der Waals surface area contributed by atoms with E-state index in [1.807, 2.05) is 24.4 Å². The van der Waals surface area contributed by atoms with Crippen molar-refractivity contribution in [1.29, 1.82) is 0 Å². The normalized spacial score (nSPS) is 20.8. The van der Waals surface area contributed by atoms with Crippen LogP contribution >= 0.6 is 11.3 Å². The minimum absolute atomic E-state index is 0.0348. The smallest absolute Gasteiger partial charge is 0.232 e. The number of hydrogen-bond acceptors (Lipinski definition) is 5. The summed E-state index contributed by atoms with van der Waals surface area (Å²) in [6.07, 6.45) is 4.42. The fraction of sp³-hybridized carbons (Fsp3) is 0.375. The topological polar surface area (TPSA) is 75.2 Å². The maximum Gasteiger partial charge on any atom is 0.232 e. The number of amides is 2. The average molecular weight is 330 g/mol. The molecule has 1 aliphatic heterocycles. The summed E-state index contributed by atoms with van der Waals surface area (Å²) in [5, 5.41) is 5.36. The van der Waals surface area contributed by atoms with Crippen LogP contribution in [0, 0.1) is 5.92 Å². The third kappa shape index (κ3) is 3.10. The molecule has 7 heteroatoms. The van der Waals surface area contributed by atoms with Crippen LogP contribution in [-0.2, 0) is 16.0 Å². The van der Waals surface area contributed by atoms with E-state index in [0.29, 0.717) is 5.13 Å². The lowest BCUT2D eigenvalue weighted by atomic mass is 9.94. The summed E-state index contributed by atoms with van der Waals surface area (Å²) in [6.45, 7) is 2.02. The van der Waals surface area contributed by atoms with Crippen molar-refractivity contribution in [2.75, 3.05) is 12.4 Å². The molecule has 6 nitrogen and oxygen atoms in total. The lowest BCUT2D eigenvalue weighted by Crippen LogP contribution is -2.30. The van der Waals surface area contributed by atoms with E-state index in [9.17, 15) is 9.59 Å². The van der Waals surface area contributed by atoms with Crippen LogP contribution in [0.1, 0.15) is 30.6 Å². The number of carbonyl (C=O) groups excluding carboxylic acids is 2. The minimum Gasteiger partial charge on any atom is -0.338 e. The van der Waals surface area contributed by atoms with Crippen LogP contribution in [0.25, 0.3) is 0 Å². The third-order valence-electron chi connectivity index (χ3n) is 4.09. The van der Waals surface area contributed by atoms with Gasteiger partial charge in [0.15, 0.2) is 5.13 Å². The van der Waals surface area contributed by atoms with Gasteiger partial charge >= 0.3 is 0 Å². The number of rotatable bonds is 4. The Morgan fingerprint density at radius 1 is 1.52 bits per heavy atom. The van der Waals surface area contributed by atoms with Crippen LogP contribution in [-0.4, -0.2) is 33.7 Å². The zero-order chi connectivity index (χ0) is 16.4. The van der Waals surface area contributed by atoms with E-state index >= 15 is 0 Å². The van der Waals surface area contributed by atoms with Crippen LogP contribution in [0.4, 0.5) is 5.13 Å². The molecule has 1 aliphatic rings. The standard InChI is InChI=1S/C16H18N4O2S/c1-3-11-9-23-16(18-11)19-15(22)12-7-13(21)20(2)14(12)10-5-4-6-17-8-10/h4-6,8-9,12,14H,3,7H2,1-2H3,(H,18,19,22)/t12-,14-/m1/s1. The Morgan fingerprint density at radius 3 is 3.00 bits per heavy atom. The minimum atomic E-state index is -0.439. The van der Waals surface area contributed by atoms with E-state index < -0.39 is 5.92 Å². The van der Waals surface area contributed by atoms with Gasteiger partial charge in [0.25, 0.3) is 0 Å². The maximum atomic E-state index is 12.6. The van der Waals surface area contributed by atoms with Gasteiger partial charge in [-0.05, 0) is 18.1 Å². The van der Waals surface area contributed by atoms with Gasteiger partial charge in [-0.15, -0.1) is 11.3 Å². The Hall–Kier alpha value is -2.28. The van der Waals surface area contributed by atoms with Crippen LogP contribution in [0.5, 0.6) is 0 Å². The summed E-state index contributed by atoms with van der Waals surface area (Å²) >= 11 is 1.41. The average Bonchev–Trinajstić information content (AvgIpc) is 3.13. The first-order valence-electron chi connectivity index (χ1n) is 7.51. The monoisotopic (exact) mass is 330 g/mol. The van der Waals surface area contributed by atoms with Gasteiger partial charge in [-0.25, -0.2) is 4.98 Å². The number of thiazole rings is 1. The highest BCUT2D eigenvalue weighted by Crippen LogP contribution is 2.37. The molecule has 0 aromatic carbocycles. The second kappa shape index (κ2) is 6.45. The molecule has 2 atom stereocenters. The van der Waals surface area contributed by atoms with Crippen molar-refractivity contribution < 1.29 is 9.59 Å². The maximum absolute atomic E-state index is 12.6. The van der Waals surface area contributed by atoms with Crippen LogP contribution in [0.15, 0.2) is 29.9 Å². The van der Waals surface area contributed by atoms with E-state index in [1.54, 1.807) is 24.3 Å². The summed E-state index contributed by atoms with van der Waals surface area (Å²) in [7, 11) is 1.73. The Morgan fingerprint density at radius 2 is 2.35 bits per heavy atom. The molecule has 2 aromatic rings.